The Hall–Kier alpha value is -1.71. The van der Waals surface area contributed by atoms with E-state index in [9.17, 15) is 4.79 Å². The summed E-state index contributed by atoms with van der Waals surface area (Å²) in [5.41, 5.74) is 0. The Kier molecular flexibility index (Phi) is 2.73. The van der Waals surface area contributed by atoms with E-state index in [1.807, 2.05) is 19.9 Å². The van der Waals surface area contributed by atoms with E-state index < -0.39 is 18.2 Å². The fourth-order valence-corrected chi connectivity index (χ4v) is 1.73. The minimum absolute atomic E-state index is 0.0782. The Morgan fingerprint density at radius 3 is 2.31 bits per heavy atom. The molecule has 2 rings (SSSR count). The van der Waals surface area contributed by atoms with Crippen molar-refractivity contribution >= 4 is 5.97 Å². The van der Waals surface area contributed by atoms with Crippen LogP contribution in [0.1, 0.15) is 13.8 Å². The summed E-state index contributed by atoms with van der Waals surface area (Å²) in [6.45, 7) is 3.83. The van der Waals surface area contributed by atoms with Gasteiger partial charge in [-0.15, -0.1) is 0 Å². The van der Waals surface area contributed by atoms with Crippen molar-refractivity contribution in [1.29, 1.82) is 0 Å². The first-order chi connectivity index (χ1) is 7.59. The van der Waals surface area contributed by atoms with Crippen molar-refractivity contribution in [3.8, 4) is 11.5 Å². The smallest absolute Gasteiger partial charge is 0.348 e. The van der Waals surface area contributed by atoms with Crippen LogP contribution in [-0.4, -0.2) is 23.3 Å². The van der Waals surface area contributed by atoms with Crippen LogP contribution >= 0.6 is 0 Å². The highest BCUT2D eigenvalue weighted by atomic mass is 16.6. The molecule has 86 valence electrons. The molecule has 1 N–H and O–H groups in total. The number of ether oxygens (including phenoxy) is 2. The van der Waals surface area contributed by atoms with Gasteiger partial charge in [0, 0.05) is 0 Å². The average molecular weight is 222 g/mol. The third-order valence-corrected chi connectivity index (χ3v) is 2.56. The highest BCUT2D eigenvalue weighted by Gasteiger charge is 2.38. The topological polar surface area (TPSA) is 55.8 Å². The van der Waals surface area contributed by atoms with Crippen LogP contribution in [0.5, 0.6) is 11.5 Å². The second-order valence-electron chi connectivity index (χ2n) is 4.15. The normalized spacial score (nSPS) is 23.2. The van der Waals surface area contributed by atoms with Crippen molar-refractivity contribution in [2.75, 3.05) is 0 Å². The van der Waals surface area contributed by atoms with Gasteiger partial charge in [-0.05, 0) is 18.1 Å². The first kappa shape index (κ1) is 10.8. The number of benzene rings is 1. The van der Waals surface area contributed by atoms with Gasteiger partial charge in [0.25, 0.3) is 0 Å². The first-order valence-corrected chi connectivity index (χ1v) is 5.24. The number of hydrogen-bond donors (Lipinski definition) is 1. The van der Waals surface area contributed by atoms with Crippen molar-refractivity contribution in [3.63, 3.8) is 0 Å². The molecule has 0 amide bonds. The van der Waals surface area contributed by atoms with E-state index >= 15 is 0 Å². The van der Waals surface area contributed by atoms with Gasteiger partial charge in [-0.2, -0.15) is 0 Å². The predicted molar refractivity (Wildman–Crippen MR) is 57.7 cm³/mol. The zero-order chi connectivity index (χ0) is 11.7. The molecule has 1 aromatic carbocycles. The maximum absolute atomic E-state index is 11.1. The van der Waals surface area contributed by atoms with E-state index in [1.165, 1.54) is 0 Å². The molecular weight excluding hydrogens is 208 g/mol. The molecular formula is C12H14O4. The van der Waals surface area contributed by atoms with Gasteiger partial charge in [0.05, 0.1) is 0 Å². The summed E-state index contributed by atoms with van der Waals surface area (Å²) >= 11 is 0. The van der Waals surface area contributed by atoms with Crippen LogP contribution in [0.3, 0.4) is 0 Å². The van der Waals surface area contributed by atoms with E-state index in [0.29, 0.717) is 11.5 Å². The Morgan fingerprint density at radius 1 is 1.25 bits per heavy atom. The Balaban J connectivity index is 2.33. The molecule has 0 radical (unpaired) electrons. The van der Waals surface area contributed by atoms with Crippen molar-refractivity contribution in [2.24, 2.45) is 5.92 Å². The third-order valence-electron chi connectivity index (χ3n) is 2.56. The molecule has 1 aliphatic heterocycles. The summed E-state index contributed by atoms with van der Waals surface area (Å²) in [7, 11) is 0. The standard InChI is InChI=1S/C12H14O4/c1-7(2)10-11(12(13)14)16-9-6-4-3-5-8(9)15-10/h3-7,10-11H,1-2H3,(H,13,14)/t10-,11-/m0/s1. The van der Waals surface area contributed by atoms with Gasteiger partial charge in [0.1, 0.15) is 6.10 Å². The minimum atomic E-state index is -0.992. The molecule has 0 saturated carbocycles. The lowest BCUT2D eigenvalue weighted by molar-refractivity contribution is -0.153. The quantitative estimate of drug-likeness (QED) is 0.830. The maximum Gasteiger partial charge on any atom is 0.348 e. The predicted octanol–water partition coefficient (Wildman–Crippen LogP) is 1.94. The molecule has 1 aromatic rings. The van der Waals surface area contributed by atoms with Crippen molar-refractivity contribution in [2.45, 2.75) is 26.1 Å². The van der Waals surface area contributed by atoms with Gasteiger partial charge >= 0.3 is 5.97 Å². The Labute approximate surface area is 93.8 Å². The van der Waals surface area contributed by atoms with Crippen LogP contribution in [0.15, 0.2) is 24.3 Å². The number of rotatable bonds is 2. The molecule has 16 heavy (non-hydrogen) atoms. The van der Waals surface area contributed by atoms with E-state index in [2.05, 4.69) is 0 Å². The van der Waals surface area contributed by atoms with Gasteiger partial charge in [-0.1, -0.05) is 26.0 Å². The Bertz CT molecular complexity index is 400. The monoisotopic (exact) mass is 222 g/mol. The second-order valence-corrected chi connectivity index (χ2v) is 4.15. The molecule has 0 spiro atoms. The second kappa shape index (κ2) is 4.04. The van der Waals surface area contributed by atoms with Crippen LogP contribution in [0.25, 0.3) is 0 Å². The third kappa shape index (κ3) is 1.83. The van der Waals surface area contributed by atoms with E-state index in [-0.39, 0.29) is 5.92 Å². The highest BCUT2D eigenvalue weighted by Crippen LogP contribution is 2.35. The molecule has 1 aliphatic rings. The summed E-state index contributed by atoms with van der Waals surface area (Å²) in [5, 5.41) is 9.08. The molecule has 4 heteroatoms. The number of para-hydroxylation sites is 2. The Morgan fingerprint density at radius 2 is 1.81 bits per heavy atom. The summed E-state index contributed by atoms with van der Waals surface area (Å²) in [6, 6.07) is 7.11. The lowest BCUT2D eigenvalue weighted by Crippen LogP contribution is -2.48. The van der Waals surface area contributed by atoms with Crippen LogP contribution < -0.4 is 9.47 Å². The molecule has 0 fully saturated rings. The molecule has 0 bridgehead atoms. The molecule has 0 unspecified atom stereocenters. The maximum atomic E-state index is 11.1. The largest absolute Gasteiger partial charge is 0.482 e. The van der Waals surface area contributed by atoms with Gasteiger partial charge in [-0.25, -0.2) is 4.79 Å². The summed E-state index contributed by atoms with van der Waals surface area (Å²) in [6.07, 6.45) is -1.39. The van der Waals surface area contributed by atoms with Crippen molar-refractivity contribution < 1.29 is 19.4 Å². The summed E-state index contributed by atoms with van der Waals surface area (Å²) in [5.74, 6) is 0.188. The minimum Gasteiger partial charge on any atom is -0.482 e. The molecule has 2 atom stereocenters. The molecule has 0 aliphatic carbocycles. The number of fused-ring (bicyclic) bond motifs is 1. The van der Waals surface area contributed by atoms with Crippen LogP contribution in [0, 0.1) is 5.92 Å². The molecule has 1 heterocycles. The zero-order valence-electron chi connectivity index (χ0n) is 9.21. The van der Waals surface area contributed by atoms with Crippen LogP contribution in [-0.2, 0) is 4.79 Å². The number of carboxylic acid groups (broad SMARTS) is 1. The van der Waals surface area contributed by atoms with E-state index in [1.54, 1.807) is 18.2 Å². The fourth-order valence-electron chi connectivity index (χ4n) is 1.73. The lowest BCUT2D eigenvalue weighted by Gasteiger charge is -2.33. The van der Waals surface area contributed by atoms with Crippen molar-refractivity contribution in [1.82, 2.24) is 0 Å². The number of carbonyl (C=O) groups is 1. The zero-order valence-corrected chi connectivity index (χ0v) is 9.21. The molecule has 4 nitrogen and oxygen atoms in total. The first-order valence-electron chi connectivity index (χ1n) is 5.24. The summed E-state index contributed by atoms with van der Waals surface area (Å²) in [4.78, 5) is 11.1. The highest BCUT2D eigenvalue weighted by molar-refractivity contribution is 5.74. The molecule has 0 saturated heterocycles. The van der Waals surface area contributed by atoms with Gasteiger partial charge in [-0.3, -0.25) is 0 Å². The van der Waals surface area contributed by atoms with Crippen molar-refractivity contribution in [3.05, 3.63) is 24.3 Å². The summed E-state index contributed by atoms with van der Waals surface area (Å²) < 4.78 is 11.1. The molecule has 0 aromatic heterocycles. The van der Waals surface area contributed by atoms with Gasteiger partial charge in [0.15, 0.2) is 11.5 Å². The average Bonchev–Trinajstić information content (AvgIpc) is 2.27. The van der Waals surface area contributed by atoms with E-state index in [4.69, 9.17) is 14.6 Å². The lowest BCUT2D eigenvalue weighted by atomic mass is 10.0. The van der Waals surface area contributed by atoms with Gasteiger partial charge < -0.3 is 14.6 Å². The fraction of sp³-hybridized carbons (Fsp3) is 0.417. The van der Waals surface area contributed by atoms with E-state index in [0.717, 1.165) is 0 Å². The van der Waals surface area contributed by atoms with Crippen LogP contribution in [0.2, 0.25) is 0 Å². The number of aliphatic carboxylic acids is 1. The SMILES string of the molecule is CC(C)[C@@H]1Oc2ccccc2O[C@@H]1C(=O)O. The number of hydrogen-bond acceptors (Lipinski definition) is 3. The van der Waals surface area contributed by atoms with Crippen LogP contribution in [0.4, 0.5) is 0 Å². The van der Waals surface area contributed by atoms with Gasteiger partial charge in [0.2, 0.25) is 6.10 Å². The number of carboxylic acids is 1.